The summed E-state index contributed by atoms with van der Waals surface area (Å²) in [5.41, 5.74) is 7.07. The van der Waals surface area contributed by atoms with Crippen molar-refractivity contribution in [2.45, 2.75) is 18.9 Å². The second-order valence-corrected chi connectivity index (χ2v) is 3.22. The average Bonchev–Trinajstić information content (AvgIpc) is 2.29. The van der Waals surface area contributed by atoms with Gasteiger partial charge in [-0.3, -0.25) is 0 Å². The number of halogens is 1. The molecule has 1 atom stereocenters. The van der Waals surface area contributed by atoms with Crippen LogP contribution in [-0.2, 0) is 6.42 Å². The number of hydrogen-bond donors (Lipinski definition) is 1. The van der Waals surface area contributed by atoms with E-state index >= 15 is 0 Å². The normalized spacial score (nSPS) is 20.5. The Morgan fingerprint density at radius 3 is 2.92 bits per heavy atom. The lowest BCUT2D eigenvalue weighted by Gasteiger charge is -2.07. The quantitative estimate of drug-likeness (QED) is 0.691. The van der Waals surface area contributed by atoms with Gasteiger partial charge in [-0.05, 0) is 24.5 Å². The van der Waals surface area contributed by atoms with Gasteiger partial charge in [-0.15, -0.1) is 12.4 Å². The summed E-state index contributed by atoms with van der Waals surface area (Å²) in [4.78, 5) is 0. The molecule has 1 aromatic carbocycles. The van der Waals surface area contributed by atoms with Crippen molar-refractivity contribution in [1.82, 2.24) is 0 Å². The number of para-hydroxylation sites is 1. The molecule has 0 spiro atoms. The van der Waals surface area contributed by atoms with Crippen molar-refractivity contribution in [3.05, 3.63) is 29.8 Å². The lowest BCUT2D eigenvalue weighted by Crippen LogP contribution is -2.26. The number of ether oxygens (including phenoxy) is 1. The van der Waals surface area contributed by atoms with E-state index in [0.29, 0.717) is 6.61 Å². The topological polar surface area (TPSA) is 35.2 Å². The van der Waals surface area contributed by atoms with Crippen LogP contribution in [0.15, 0.2) is 24.3 Å². The van der Waals surface area contributed by atoms with Crippen molar-refractivity contribution in [2.24, 2.45) is 5.73 Å². The first kappa shape index (κ1) is 10.4. The molecule has 2 nitrogen and oxygen atoms in total. The highest BCUT2D eigenvalue weighted by Crippen LogP contribution is 2.22. The van der Waals surface area contributed by atoms with Crippen molar-refractivity contribution in [2.75, 3.05) is 6.61 Å². The van der Waals surface area contributed by atoms with Gasteiger partial charge in [-0.2, -0.15) is 0 Å². The molecule has 1 heterocycles. The average molecular weight is 200 g/mol. The highest BCUT2D eigenvalue weighted by atomic mass is 35.5. The molecule has 0 bridgehead atoms. The molecule has 2 rings (SSSR count). The fourth-order valence-electron chi connectivity index (χ4n) is 1.47. The monoisotopic (exact) mass is 199 g/mol. The van der Waals surface area contributed by atoms with Gasteiger partial charge in [0.05, 0.1) is 0 Å². The molecule has 0 radical (unpaired) electrons. The number of fused-ring (bicyclic) bond motifs is 1. The van der Waals surface area contributed by atoms with Crippen molar-refractivity contribution in [3.63, 3.8) is 0 Å². The minimum atomic E-state index is 0. The van der Waals surface area contributed by atoms with Crippen LogP contribution in [0.5, 0.6) is 5.75 Å². The maximum atomic E-state index is 5.79. The van der Waals surface area contributed by atoms with Gasteiger partial charge >= 0.3 is 0 Å². The van der Waals surface area contributed by atoms with Crippen LogP contribution in [0.2, 0.25) is 0 Å². The van der Waals surface area contributed by atoms with Gasteiger partial charge in [0.15, 0.2) is 0 Å². The lowest BCUT2D eigenvalue weighted by molar-refractivity contribution is 0.293. The standard InChI is InChI=1S/C10H13NO.ClH/c11-9-6-5-8-3-1-2-4-10(8)12-7-9;/h1-4,9H,5-7,11H2;1H. The molecule has 0 saturated heterocycles. The van der Waals surface area contributed by atoms with Crippen LogP contribution in [0.25, 0.3) is 0 Å². The van der Waals surface area contributed by atoms with Crippen molar-refractivity contribution < 1.29 is 4.74 Å². The van der Waals surface area contributed by atoms with E-state index in [-0.39, 0.29) is 18.4 Å². The number of nitrogens with two attached hydrogens (primary N) is 1. The summed E-state index contributed by atoms with van der Waals surface area (Å²) >= 11 is 0. The SMILES string of the molecule is Cl.NC1CCc2ccccc2OC1. The van der Waals surface area contributed by atoms with Crippen LogP contribution in [0.3, 0.4) is 0 Å². The Kier molecular flexibility index (Phi) is 3.58. The predicted molar refractivity (Wildman–Crippen MR) is 55.5 cm³/mol. The second-order valence-electron chi connectivity index (χ2n) is 3.22. The minimum absolute atomic E-state index is 0. The molecular weight excluding hydrogens is 186 g/mol. The molecule has 3 heteroatoms. The molecule has 1 aliphatic heterocycles. The Labute approximate surface area is 84.5 Å². The largest absolute Gasteiger partial charge is 0.492 e. The molecule has 0 saturated carbocycles. The predicted octanol–water partition coefficient (Wildman–Crippen LogP) is 1.76. The smallest absolute Gasteiger partial charge is 0.122 e. The second kappa shape index (κ2) is 4.49. The van der Waals surface area contributed by atoms with E-state index in [1.807, 2.05) is 18.2 Å². The molecule has 1 aromatic rings. The van der Waals surface area contributed by atoms with Crippen molar-refractivity contribution in [1.29, 1.82) is 0 Å². The van der Waals surface area contributed by atoms with Crippen LogP contribution in [0.1, 0.15) is 12.0 Å². The van der Waals surface area contributed by atoms with Crippen LogP contribution in [0, 0.1) is 0 Å². The van der Waals surface area contributed by atoms with Gasteiger partial charge in [0.1, 0.15) is 12.4 Å². The Morgan fingerprint density at radius 1 is 1.31 bits per heavy atom. The maximum Gasteiger partial charge on any atom is 0.122 e. The molecule has 0 aromatic heterocycles. The zero-order valence-electron chi connectivity index (χ0n) is 7.40. The summed E-state index contributed by atoms with van der Waals surface area (Å²) in [6, 6.07) is 8.34. The highest BCUT2D eigenvalue weighted by molar-refractivity contribution is 5.85. The first-order valence-corrected chi connectivity index (χ1v) is 4.32. The van der Waals surface area contributed by atoms with Crippen molar-refractivity contribution >= 4 is 12.4 Å². The zero-order chi connectivity index (χ0) is 8.39. The number of aryl methyl sites for hydroxylation is 1. The maximum absolute atomic E-state index is 5.79. The van der Waals surface area contributed by atoms with Gasteiger partial charge < -0.3 is 10.5 Å². The van der Waals surface area contributed by atoms with E-state index in [1.165, 1.54) is 5.56 Å². The van der Waals surface area contributed by atoms with Gasteiger partial charge in [0.2, 0.25) is 0 Å². The Hall–Kier alpha value is -0.730. The molecule has 0 fully saturated rings. The fraction of sp³-hybridized carbons (Fsp3) is 0.400. The third kappa shape index (κ3) is 2.36. The van der Waals surface area contributed by atoms with Gasteiger partial charge in [0, 0.05) is 6.04 Å². The summed E-state index contributed by atoms with van der Waals surface area (Å²) < 4.78 is 5.54. The Bertz CT molecular complexity index is 250. The summed E-state index contributed by atoms with van der Waals surface area (Å²) in [6.45, 7) is 0.650. The molecule has 72 valence electrons. The van der Waals surface area contributed by atoms with Crippen molar-refractivity contribution in [3.8, 4) is 5.75 Å². The van der Waals surface area contributed by atoms with Gasteiger partial charge in [0.25, 0.3) is 0 Å². The van der Waals surface area contributed by atoms with Crippen LogP contribution < -0.4 is 10.5 Å². The number of rotatable bonds is 0. The van der Waals surface area contributed by atoms with E-state index in [9.17, 15) is 0 Å². The Balaban J connectivity index is 0.000000845. The van der Waals surface area contributed by atoms with Gasteiger partial charge in [-0.1, -0.05) is 18.2 Å². The number of hydrogen-bond acceptors (Lipinski definition) is 2. The lowest BCUT2D eigenvalue weighted by atomic mass is 10.1. The molecule has 0 amide bonds. The van der Waals surface area contributed by atoms with E-state index in [2.05, 4.69) is 6.07 Å². The van der Waals surface area contributed by atoms with Crippen LogP contribution in [0.4, 0.5) is 0 Å². The molecule has 1 unspecified atom stereocenters. The first-order chi connectivity index (χ1) is 5.86. The van der Waals surface area contributed by atoms with Gasteiger partial charge in [-0.25, -0.2) is 0 Å². The molecule has 0 aliphatic carbocycles. The molecule has 2 N–H and O–H groups in total. The zero-order valence-corrected chi connectivity index (χ0v) is 8.22. The van der Waals surface area contributed by atoms with Crippen LogP contribution >= 0.6 is 12.4 Å². The fourth-order valence-corrected chi connectivity index (χ4v) is 1.47. The first-order valence-electron chi connectivity index (χ1n) is 4.32. The summed E-state index contributed by atoms with van der Waals surface area (Å²) in [6.07, 6.45) is 2.06. The molecule has 13 heavy (non-hydrogen) atoms. The highest BCUT2D eigenvalue weighted by Gasteiger charge is 2.12. The number of benzene rings is 1. The van der Waals surface area contributed by atoms with Crippen LogP contribution in [-0.4, -0.2) is 12.6 Å². The van der Waals surface area contributed by atoms with E-state index < -0.39 is 0 Å². The summed E-state index contributed by atoms with van der Waals surface area (Å²) in [5, 5.41) is 0. The Morgan fingerprint density at radius 2 is 2.08 bits per heavy atom. The minimum Gasteiger partial charge on any atom is -0.492 e. The van der Waals surface area contributed by atoms with E-state index in [0.717, 1.165) is 18.6 Å². The van der Waals surface area contributed by atoms with E-state index in [4.69, 9.17) is 10.5 Å². The summed E-state index contributed by atoms with van der Waals surface area (Å²) in [5.74, 6) is 1.01. The molecular formula is C10H14ClNO. The summed E-state index contributed by atoms with van der Waals surface area (Å²) in [7, 11) is 0. The molecule has 1 aliphatic rings. The third-order valence-corrected chi connectivity index (χ3v) is 2.21. The third-order valence-electron chi connectivity index (χ3n) is 2.21. The van der Waals surface area contributed by atoms with E-state index in [1.54, 1.807) is 0 Å².